The molecule has 1 aliphatic rings. The molecule has 0 bridgehead atoms. The van der Waals surface area contributed by atoms with Crippen molar-refractivity contribution in [2.75, 3.05) is 6.54 Å². The van der Waals surface area contributed by atoms with Gasteiger partial charge in [-0.3, -0.25) is 4.79 Å². The van der Waals surface area contributed by atoms with Gasteiger partial charge in [0.05, 0.1) is 5.60 Å². The van der Waals surface area contributed by atoms with Crippen LogP contribution in [0.1, 0.15) is 55.1 Å². The highest BCUT2D eigenvalue weighted by molar-refractivity contribution is 5.94. The van der Waals surface area contributed by atoms with Crippen molar-refractivity contribution in [3.05, 3.63) is 34.9 Å². The van der Waals surface area contributed by atoms with E-state index in [0.29, 0.717) is 24.4 Å². The molecule has 20 heavy (non-hydrogen) atoms. The third-order valence-electron chi connectivity index (χ3n) is 3.84. The van der Waals surface area contributed by atoms with Gasteiger partial charge in [0, 0.05) is 12.1 Å². The van der Waals surface area contributed by atoms with E-state index in [1.54, 1.807) is 6.92 Å². The maximum atomic E-state index is 12.2. The Hall–Kier alpha value is -1.35. The molecule has 0 fully saturated rings. The smallest absolute Gasteiger partial charge is 0.251 e. The summed E-state index contributed by atoms with van der Waals surface area (Å²) in [5.74, 6) is 0.311. The average Bonchev–Trinajstić information content (AvgIpc) is 2.81. The van der Waals surface area contributed by atoms with Crippen molar-refractivity contribution >= 4 is 5.91 Å². The van der Waals surface area contributed by atoms with Gasteiger partial charge in [-0.25, -0.2) is 0 Å². The quantitative estimate of drug-likeness (QED) is 0.868. The zero-order chi connectivity index (χ0) is 14.8. The molecule has 1 aliphatic carbocycles. The van der Waals surface area contributed by atoms with Gasteiger partial charge in [0.1, 0.15) is 0 Å². The number of aryl methyl sites for hydroxylation is 2. The number of rotatable bonds is 5. The van der Waals surface area contributed by atoms with E-state index in [1.165, 1.54) is 17.5 Å². The molecule has 1 aromatic carbocycles. The minimum Gasteiger partial charge on any atom is -0.388 e. The van der Waals surface area contributed by atoms with Gasteiger partial charge in [0.2, 0.25) is 0 Å². The Bertz CT molecular complexity index is 492. The summed E-state index contributed by atoms with van der Waals surface area (Å²) in [6.07, 6.45) is 4.06. The summed E-state index contributed by atoms with van der Waals surface area (Å²) >= 11 is 0. The first-order valence-electron chi connectivity index (χ1n) is 7.50. The third-order valence-corrected chi connectivity index (χ3v) is 3.84. The Balaban J connectivity index is 1.95. The predicted molar refractivity (Wildman–Crippen MR) is 80.9 cm³/mol. The van der Waals surface area contributed by atoms with Crippen molar-refractivity contribution in [1.29, 1.82) is 0 Å². The molecular weight excluding hydrogens is 250 g/mol. The SMILES string of the molecule is CC(C)CC(C)(O)CNC(=O)c1ccc2c(c1)CCC2. The highest BCUT2D eigenvalue weighted by Gasteiger charge is 2.23. The Labute approximate surface area is 121 Å². The second kappa shape index (κ2) is 5.96. The lowest BCUT2D eigenvalue weighted by Gasteiger charge is -2.25. The lowest BCUT2D eigenvalue weighted by Crippen LogP contribution is -2.41. The molecule has 0 aromatic heterocycles. The number of aliphatic hydroxyl groups is 1. The van der Waals surface area contributed by atoms with Crippen molar-refractivity contribution in [2.45, 2.75) is 52.1 Å². The van der Waals surface area contributed by atoms with Crippen LogP contribution in [0.5, 0.6) is 0 Å². The van der Waals surface area contributed by atoms with Crippen LogP contribution < -0.4 is 5.32 Å². The van der Waals surface area contributed by atoms with Crippen molar-refractivity contribution in [3.63, 3.8) is 0 Å². The minimum atomic E-state index is -0.847. The number of nitrogens with one attached hydrogen (secondary N) is 1. The van der Waals surface area contributed by atoms with E-state index in [9.17, 15) is 9.90 Å². The average molecular weight is 275 g/mol. The van der Waals surface area contributed by atoms with E-state index in [1.807, 2.05) is 12.1 Å². The molecule has 3 heteroatoms. The lowest BCUT2D eigenvalue weighted by molar-refractivity contribution is 0.0368. The standard InChI is InChI=1S/C17H25NO2/c1-12(2)10-17(3,20)11-18-16(19)15-8-7-13-5-4-6-14(13)9-15/h7-9,12,20H,4-6,10-11H2,1-3H3,(H,18,19). The first kappa shape index (κ1) is 15.0. The number of carbonyl (C=O) groups is 1. The molecule has 110 valence electrons. The van der Waals surface area contributed by atoms with Crippen LogP contribution >= 0.6 is 0 Å². The largest absolute Gasteiger partial charge is 0.388 e. The fraction of sp³-hybridized carbons (Fsp3) is 0.588. The van der Waals surface area contributed by atoms with Crippen molar-refractivity contribution in [2.24, 2.45) is 5.92 Å². The summed E-state index contributed by atoms with van der Waals surface area (Å²) in [6.45, 7) is 6.20. The highest BCUT2D eigenvalue weighted by Crippen LogP contribution is 2.23. The third kappa shape index (κ3) is 3.83. The van der Waals surface area contributed by atoms with E-state index in [4.69, 9.17) is 0 Å². The number of carbonyl (C=O) groups excluding carboxylic acids is 1. The molecule has 1 atom stereocenters. The van der Waals surface area contributed by atoms with Gasteiger partial charge < -0.3 is 10.4 Å². The molecule has 1 amide bonds. The highest BCUT2D eigenvalue weighted by atomic mass is 16.3. The summed E-state index contributed by atoms with van der Waals surface area (Å²) in [6, 6.07) is 5.94. The second-order valence-corrected chi connectivity index (χ2v) is 6.61. The van der Waals surface area contributed by atoms with Crippen LogP contribution in [0.3, 0.4) is 0 Å². The number of benzene rings is 1. The first-order chi connectivity index (χ1) is 9.37. The summed E-state index contributed by atoms with van der Waals surface area (Å²) < 4.78 is 0. The van der Waals surface area contributed by atoms with Gasteiger partial charge in [0.15, 0.2) is 0 Å². The van der Waals surface area contributed by atoms with Crippen molar-refractivity contribution in [1.82, 2.24) is 5.32 Å². The van der Waals surface area contributed by atoms with Crippen LogP contribution in [0.4, 0.5) is 0 Å². The van der Waals surface area contributed by atoms with Gasteiger partial charge in [-0.05, 0) is 61.8 Å². The lowest BCUT2D eigenvalue weighted by atomic mass is 9.94. The molecule has 0 saturated carbocycles. The normalized spacial score (nSPS) is 16.9. The summed E-state index contributed by atoms with van der Waals surface area (Å²) in [4.78, 5) is 12.2. The van der Waals surface area contributed by atoms with Crippen LogP contribution in [0.2, 0.25) is 0 Å². The summed E-state index contributed by atoms with van der Waals surface area (Å²) in [5, 5.41) is 13.1. The fourth-order valence-electron chi connectivity index (χ4n) is 3.04. The van der Waals surface area contributed by atoms with Gasteiger partial charge in [-0.1, -0.05) is 19.9 Å². The van der Waals surface area contributed by atoms with E-state index in [2.05, 4.69) is 25.2 Å². The maximum absolute atomic E-state index is 12.2. The van der Waals surface area contributed by atoms with E-state index in [-0.39, 0.29) is 5.91 Å². The van der Waals surface area contributed by atoms with Crippen LogP contribution in [0.15, 0.2) is 18.2 Å². The number of hydrogen-bond acceptors (Lipinski definition) is 2. The second-order valence-electron chi connectivity index (χ2n) is 6.61. The van der Waals surface area contributed by atoms with Gasteiger partial charge >= 0.3 is 0 Å². The Morgan fingerprint density at radius 3 is 2.75 bits per heavy atom. The topological polar surface area (TPSA) is 49.3 Å². The van der Waals surface area contributed by atoms with Gasteiger partial charge in [-0.15, -0.1) is 0 Å². The Kier molecular flexibility index (Phi) is 4.48. The molecule has 0 saturated heterocycles. The van der Waals surface area contributed by atoms with Crippen molar-refractivity contribution in [3.8, 4) is 0 Å². The van der Waals surface area contributed by atoms with Crippen LogP contribution in [0, 0.1) is 5.92 Å². The van der Waals surface area contributed by atoms with Gasteiger partial charge in [-0.2, -0.15) is 0 Å². The molecule has 1 unspecified atom stereocenters. The summed E-state index contributed by atoms with van der Waals surface area (Å²) in [5.41, 5.74) is 2.52. The molecule has 0 radical (unpaired) electrons. The zero-order valence-corrected chi connectivity index (χ0v) is 12.7. The first-order valence-corrected chi connectivity index (χ1v) is 7.50. The van der Waals surface area contributed by atoms with Crippen molar-refractivity contribution < 1.29 is 9.90 Å². The predicted octanol–water partition coefficient (Wildman–Crippen LogP) is 2.70. The molecule has 0 spiro atoms. The maximum Gasteiger partial charge on any atom is 0.251 e. The van der Waals surface area contributed by atoms with Crippen LogP contribution in [-0.4, -0.2) is 23.2 Å². The van der Waals surface area contributed by atoms with E-state index < -0.39 is 5.60 Å². The fourth-order valence-corrected chi connectivity index (χ4v) is 3.04. The van der Waals surface area contributed by atoms with Crippen LogP contribution in [-0.2, 0) is 12.8 Å². The monoisotopic (exact) mass is 275 g/mol. The number of amides is 1. The molecular formula is C17H25NO2. The summed E-state index contributed by atoms with van der Waals surface area (Å²) in [7, 11) is 0. The van der Waals surface area contributed by atoms with Gasteiger partial charge in [0.25, 0.3) is 5.91 Å². The molecule has 2 rings (SSSR count). The molecule has 0 aliphatic heterocycles. The van der Waals surface area contributed by atoms with E-state index >= 15 is 0 Å². The molecule has 1 aromatic rings. The minimum absolute atomic E-state index is 0.0938. The number of fused-ring (bicyclic) bond motifs is 1. The number of hydrogen-bond donors (Lipinski definition) is 2. The zero-order valence-electron chi connectivity index (χ0n) is 12.7. The Morgan fingerprint density at radius 2 is 2.05 bits per heavy atom. The van der Waals surface area contributed by atoms with Crippen LogP contribution in [0.25, 0.3) is 0 Å². The molecule has 3 nitrogen and oxygen atoms in total. The van der Waals surface area contributed by atoms with E-state index in [0.717, 1.165) is 12.8 Å². The molecule has 2 N–H and O–H groups in total. The Morgan fingerprint density at radius 1 is 1.35 bits per heavy atom. The molecule has 0 heterocycles.